The Balaban J connectivity index is 2.20. The Labute approximate surface area is 176 Å². The van der Waals surface area contributed by atoms with E-state index in [1.54, 1.807) is 87.0 Å². The van der Waals surface area contributed by atoms with Crippen LogP contribution in [0.3, 0.4) is 0 Å². The molecular formula is C22H22ClNO4S. The predicted octanol–water partition coefficient (Wildman–Crippen LogP) is 5.31. The minimum Gasteiger partial charge on any atom is -0.497 e. The molecule has 0 N–H and O–H groups in total. The molecule has 0 unspecified atom stereocenters. The summed E-state index contributed by atoms with van der Waals surface area (Å²) in [6, 6.07) is 19.8. The molecule has 0 amide bonds. The van der Waals surface area contributed by atoms with Crippen LogP contribution in [0.1, 0.15) is 18.5 Å². The fourth-order valence-electron chi connectivity index (χ4n) is 3.16. The summed E-state index contributed by atoms with van der Waals surface area (Å²) in [5.41, 5.74) is 1.18. The van der Waals surface area contributed by atoms with Crippen molar-refractivity contribution in [3.63, 3.8) is 0 Å². The second kappa shape index (κ2) is 8.76. The molecule has 0 saturated heterocycles. The lowest BCUT2D eigenvalue weighted by Crippen LogP contribution is -2.34. The lowest BCUT2D eigenvalue weighted by molar-refractivity contribution is 0.396. The van der Waals surface area contributed by atoms with Gasteiger partial charge in [-0.1, -0.05) is 29.8 Å². The summed E-state index contributed by atoms with van der Waals surface area (Å²) < 4.78 is 39.4. The molecule has 0 bridgehead atoms. The molecule has 0 aromatic heterocycles. The van der Waals surface area contributed by atoms with Crippen LogP contribution in [0.25, 0.3) is 0 Å². The second-order valence-corrected chi connectivity index (χ2v) is 8.63. The van der Waals surface area contributed by atoms with Crippen LogP contribution < -0.4 is 13.8 Å². The molecule has 0 heterocycles. The smallest absolute Gasteiger partial charge is 0.264 e. The third-order valence-electron chi connectivity index (χ3n) is 4.62. The number of hydrogen-bond donors (Lipinski definition) is 0. The predicted molar refractivity (Wildman–Crippen MR) is 116 cm³/mol. The molecule has 3 aromatic rings. The van der Waals surface area contributed by atoms with Gasteiger partial charge in [-0.25, -0.2) is 8.42 Å². The lowest BCUT2D eigenvalue weighted by atomic mass is 10.1. The van der Waals surface area contributed by atoms with Crippen molar-refractivity contribution in [2.24, 2.45) is 0 Å². The van der Waals surface area contributed by atoms with E-state index >= 15 is 0 Å². The third-order valence-corrected chi connectivity index (χ3v) is 6.78. The van der Waals surface area contributed by atoms with Crippen LogP contribution in [-0.4, -0.2) is 22.6 Å². The zero-order chi connectivity index (χ0) is 21.0. The topological polar surface area (TPSA) is 55.8 Å². The van der Waals surface area contributed by atoms with Gasteiger partial charge in [-0.15, -0.1) is 0 Å². The summed E-state index contributed by atoms with van der Waals surface area (Å²) in [4.78, 5) is 0.198. The number of ether oxygens (including phenoxy) is 2. The van der Waals surface area contributed by atoms with Gasteiger partial charge in [0.2, 0.25) is 0 Å². The van der Waals surface area contributed by atoms with Crippen LogP contribution in [0.4, 0.5) is 5.69 Å². The quantitative estimate of drug-likeness (QED) is 0.508. The summed E-state index contributed by atoms with van der Waals surface area (Å²) >= 11 is 6.03. The van der Waals surface area contributed by atoms with Crippen molar-refractivity contribution in [1.82, 2.24) is 0 Å². The molecule has 0 aliphatic carbocycles. The minimum absolute atomic E-state index is 0.198. The fraction of sp³-hybridized carbons (Fsp3) is 0.182. The average Bonchev–Trinajstić information content (AvgIpc) is 2.75. The van der Waals surface area contributed by atoms with Gasteiger partial charge in [0.15, 0.2) is 0 Å². The van der Waals surface area contributed by atoms with Crippen LogP contribution in [0.15, 0.2) is 77.7 Å². The first-order valence-corrected chi connectivity index (χ1v) is 10.8. The molecule has 0 saturated carbocycles. The molecule has 152 valence electrons. The van der Waals surface area contributed by atoms with Crippen molar-refractivity contribution in [2.75, 3.05) is 18.5 Å². The van der Waals surface area contributed by atoms with Gasteiger partial charge < -0.3 is 9.47 Å². The highest BCUT2D eigenvalue weighted by Crippen LogP contribution is 2.38. The number of methoxy groups -OCH3 is 2. The molecule has 0 aliphatic rings. The van der Waals surface area contributed by atoms with E-state index in [0.717, 1.165) is 0 Å². The van der Waals surface area contributed by atoms with Crippen molar-refractivity contribution in [1.29, 1.82) is 0 Å². The fourth-order valence-corrected chi connectivity index (χ4v) is 4.94. The molecule has 0 radical (unpaired) electrons. The first-order chi connectivity index (χ1) is 13.9. The molecule has 1 atom stereocenters. The van der Waals surface area contributed by atoms with E-state index < -0.39 is 16.1 Å². The van der Waals surface area contributed by atoms with Crippen molar-refractivity contribution >= 4 is 27.3 Å². The van der Waals surface area contributed by atoms with Gasteiger partial charge in [0.25, 0.3) is 10.0 Å². The van der Waals surface area contributed by atoms with E-state index in [1.807, 2.05) is 6.92 Å². The average molecular weight is 432 g/mol. The van der Waals surface area contributed by atoms with Gasteiger partial charge in [0, 0.05) is 10.6 Å². The zero-order valence-electron chi connectivity index (χ0n) is 16.4. The highest BCUT2D eigenvalue weighted by Gasteiger charge is 2.32. The largest absolute Gasteiger partial charge is 0.497 e. The van der Waals surface area contributed by atoms with Crippen LogP contribution >= 0.6 is 11.6 Å². The Morgan fingerprint density at radius 1 is 0.897 bits per heavy atom. The van der Waals surface area contributed by atoms with Crippen molar-refractivity contribution in [2.45, 2.75) is 17.9 Å². The minimum atomic E-state index is -3.87. The van der Waals surface area contributed by atoms with Gasteiger partial charge in [0.1, 0.15) is 11.5 Å². The SMILES string of the molecule is COc1ccc(OC)c([C@H](C)N(c2ccc(Cl)cc2)S(=O)(=O)c2ccccc2)c1. The normalized spacial score (nSPS) is 12.3. The molecule has 7 heteroatoms. The van der Waals surface area contributed by atoms with Gasteiger partial charge >= 0.3 is 0 Å². The van der Waals surface area contributed by atoms with Gasteiger partial charge in [-0.2, -0.15) is 0 Å². The zero-order valence-corrected chi connectivity index (χ0v) is 17.9. The number of rotatable bonds is 7. The highest BCUT2D eigenvalue weighted by molar-refractivity contribution is 7.92. The standard InChI is InChI=1S/C22H22ClNO4S/c1-16(21-15-19(27-2)13-14-22(21)28-3)24(18-11-9-17(23)10-12-18)29(25,26)20-7-5-4-6-8-20/h4-16H,1-3H3/t16-/m0/s1. The van der Waals surface area contributed by atoms with E-state index in [0.29, 0.717) is 27.8 Å². The molecule has 5 nitrogen and oxygen atoms in total. The Hall–Kier alpha value is -2.70. The Bertz CT molecular complexity index is 1070. The molecule has 0 fully saturated rings. The van der Waals surface area contributed by atoms with Crippen molar-refractivity contribution < 1.29 is 17.9 Å². The maximum absolute atomic E-state index is 13.6. The summed E-state index contributed by atoms with van der Waals surface area (Å²) in [5, 5.41) is 0.525. The van der Waals surface area contributed by atoms with Crippen LogP contribution in [0.2, 0.25) is 5.02 Å². The van der Waals surface area contributed by atoms with Crippen molar-refractivity contribution in [3.05, 3.63) is 83.4 Å². The van der Waals surface area contributed by atoms with Gasteiger partial charge in [0.05, 0.1) is 30.8 Å². The summed E-state index contributed by atoms with van der Waals surface area (Å²) in [6.07, 6.45) is 0. The van der Waals surface area contributed by atoms with E-state index in [4.69, 9.17) is 21.1 Å². The highest BCUT2D eigenvalue weighted by atomic mass is 35.5. The van der Waals surface area contributed by atoms with Gasteiger partial charge in [-0.3, -0.25) is 4.31 Å². The van der Waals surface area contributed by atoms with Gasteiger partial charge in [-0.05, 0) is 61.5 Å². The van der Waals surface area contributed by atoms with E-state index in [2.05, 4.69) is 0 Å². The third kappa shape index (κ3) is 4.33. The van der Waals surface area contributed by atoms with E-state index in [-0.39, 0.29) is 4.90 Å². The van der Waals surface area contributed by atoms with E-state index in [9.17, 15) is 8.42 Å². The molecular weight excluding hydrogens is 410 g/mol. The lowest BCUT2D eigenvalue weighted by Gasteiger charge is -2.32. The number of nitrogens with zero attached hydrogens (tertiary/aromatic N) is 1. The summed E-state index contributed by atoms with van der Waals surface area (Å²) in [6.45, 7) is 1.81. The maximum atomic E-state index is 13.6. The summed E-state index contributed by atoms with van der Waals surface area (Å²) in [5.74, 6) is 1.18. The number of anilines is 1. The summed E-state index contributed by atoms with van der Waals surface area (Å²) in [7, 11) is -0.750. The first-order valence-electron chi connectivity index (χ1n) is 8.95. The van der Waals surface area contributed by atoms with Crippen LogP contribution in [0.5, 0.6) is 11.5 Å². The van der Waals surface area contributed by atoms with Crippen LogP contribution in [-0.2, 0) is 10.0 Å². The Morgan fingerprint density at radius 3 is 2.14 bits per heavy atom. The Morgan fingerprint density at radius 2 is 1.55 bits per heavy atom. The molecule has 3 aromatic carbocycles. The number of halogens is 1. The molecule has 0 spiro atoms. The van der Waals surface area contributed by atoms with Crippen molar-refractivity contribution in [3.8, 4) is 11.5 Å². The maximum Gasteiger partial charge on any atom is 0.264 e. The second-order valence-electron chi connectivity index (χ2n) is 6.37. The molecule has 29 heavy (non-hydrogen) atoms. The molecule has 3 rings (SSSR count). The van der Waals surface area contributed by atoms with E-state index in [1.165, 1.54) is 4.31 Å². The first kappa shape index (κ1) is 21.0. The number of hydrogen-bond acceptors (Lipinski definition) is 4. The Kier molecular flexibility index (Phi) is 6.35. The molecule has 0 aliphatic heterocycles. The monoisotopic (exact) mass is 431 g/mol. The van der Waals surface area contributed by atoms with Crippen LogP contribution in [0, 0.1) is 0 Å². The number of benzene rings is 3. The number of sulfonamides is 1.